The van der Waals surface area contributed by atoms with Gasteiger partial charge in [-0.2, -0.15) is 0 Å². The van der Waals surface area contributed by atoms with Gasteiger partial charge in [0, 0.05) is 43.9 Å². The van der Waals surface area contributed by atoms with Crippen molar-refractivity contribution in [1.29, 1.82) is 0 Å². The van der Waals surface area contributed by atoms with Crippen molar-refractivity contribution in [3.8, 4) is 0 Å². The lowest BCUT2D eigenvalue weighted by atomic mass is 10.0. The van der Waals surface area contributed by atoms with Crippen molar-refractivity contribution in [1.82, 2.24) is 41.5 Å². The Kier molecular flexibility index (Phi) is 13.9. The maximum Gasteiger partial charge on any atom is 0.243 e. The number of likely N-dealkylation sites (tertiary alicyclic amines) is 1. The quantitative estimate of drug-likeness (QED) is 0.153. The highest BCUT2D eigenvalue weighted by molar-refractivity contribution is 5.95. The second kappa shape index (κ2) is 18.3. The number of imidazole rings is 1. The van der Waals surface area contributed by atoms with Crippen LogP contribution in [0, 0.1) is 17.8 Å². The van der Waals surface area contributed by atoms with Crippen LogP contribution in [0.15, 0.2) is 42.9 Å². The van der Waals surface area contributed by atoms with Crippen molar-refractivity contribution in [2.45, 2.75) is 103 Å². The van der Waals surface area contributed by atoms with Gasteiger partial charge < -0.3 is 36.5 Å². The zero-order valence-electron chi connectivity index (χ0n) is 29.5. The number of hydrogen-bond acceptors (Lipinski definition) is 7. The Hall–Kier alpha value is -4.75. The molecule has 14 heteroatoms. The number of carbonyl (C=O) groups excluding carboxylic acids is 6. The molecule has 2 fully saturated rings. The average Bonchev–Trinajstić information content (AvgIpc) is 3.87. The van der Waals surface area contributed by atoms with E-state index in [0.717, 1.165) is 12.0 Å². The van der Waals surface area contributed by atoms with Crippen molar-refractivity contribution in [3.05, 3.63) is 54.1 Å². The van der Waals surface area contributed by atoms with Gasteiger partial charge in [0.05, 0.1) is 18.8 Å². The van der Waals surface area contributed by atoms with E-state index in [9.17, 15) is 28.8 Å². The van der Waals surface area contributed by atoms with Crippen LogP contribution >= 0.6 is 0 Å². The summed E-state index contributed by atoms with van der Waals surface area (Å²) in [6.45, 7) is 7.78. The molecule has 1 saturated heterocycles. The molecule has 14 nitrogen and oxygen atoms in total. The van der Waals surface area contributed by atoms with Crippen molar-refractivity contribution in [2.24, 2.45) is 17.8 Å². The Bertz CT molecular complexity index is 1460. The molecule has 1 saturated carbocycles. The summed E-state index contributed by atoms with van der Waals surface area (Å²) in [7, 11) is 0. The second-order valence-corrected chi connectivity index (χ2v) is 14.0. The molecule has 1 aliphatic heterocycles. The van der Waals surface area contributed by atoms with Gasteiger partial charge in [-0.05, 0) is 43.1 Å². The zero-order valence-corrected chi connectivity index (χ0v) is 29.5. The molecule has 1 aromatic carbocycles. The van der Waals surface area contributed by atoms with Gasteiger partial charge in [0.15, 0.2) is 0 Å². The molecule has 0 bridgehead atoms. The molecule has 0 spiro atoms. The first-order valence-corrected chi connectivity index (χ1v) is 17.7. The fraction of sp³-hybridized carbons (Fsp3) is 0.583. The molecule has 2 aliphatic rings. The molecule has 2 aromatic rings. The molecule has 1 aliphatic carbocycles. The Morgan fingerprint density at radius 2 is 1.66 bits per heavy atom. The maximum absolute atomic E-state index is 13.4. The van der Waals surface area contributed by atoms with E-state index in [1.165, 1.54) is 11.2 Å². The van der Waals surface area contributed by atoms with Gasteiger partial charge in [0.25, 0.3) is 0 Å². The van der Waals surface area contributed by atoms with E-state index in [-0.39, 0.29) is 60.9 Å². The predicted octanol–water partition coefficient (Wildman–Crippen LogP) is 1.33. The van der Waals surface area contributed by atoms with Gasteiger partial charge >= 0.3 is 0 Å². The van der Waals surface area contributed by atoms with E-state index in [1.54, 1.807) is 20.0 Å². The largest absolute Gasteiger partial charge is 0.352 e. The molecular formula is C36H52N8O6. The van der Waals surface area contributed by atoms with Crippen LogP contribution in [0.2, 0.25) is 0 Å². The summed E-state index contributed by atoms with van der Waals surface area (Å²) in [5.74, 6) is -2.77. The van der Waals surface area contributed by atoms with E-state index >= 15 is 0 Å². The summed E-state index contributed by atoms with van der Waals surface area (Å²) in [6.07, 6.45) is 6.72. The van der Waals surface area contributed by atoms with Crippen molar-refractivity contribution in [3.63, 3.8) is 0 Å². The zero-order chi connectivity index (χ0) is 36.2. The van der Waals surface area contributed by atoms with Crippen LogP contribution in [0.4, 0.5) is 0 Å². The fourth-order valence-corrected chi connectivity index (χ4v) is 6.59. The van der Waals surface area contributed by atoms with E-state index in [4.69, 9.17) is 0 Å². The average molecular weight is 693 g/mol. The minimum Gasteiger partial charge on any atom is -0.352 e. The summed E-state index contributed by atoms with van der Waals surface area (Å²) in [6, 6.07) is 6.68. The first kappa shape index (κ1) is 38.1. The Morgan fingerprint density at radius 1 is 0.900 bits per heavy atom. The van der Waals surface area contributed by atoms with Crippen LogP contribution in [-0.4, -0.2) is 87.6 Å². The third-order valence-corrected chi connectivity index (χ3v) is 9.25. The van der Waals surface area contributed by atoms with E-state index in [1.807, 2.05) is 44.2 Å². The number of nitrogens with one attached hydrogen (secondary N) is 6. The SMILES string of the molecule is CC(C)CC(=O)N[C@@H](Cc1cnc[nH]1)C(=O)N[C@H](C(=O)NCC(=O)N1CCC[C@@H]1C(=O)NC1CCCC1C(=O)NCc1ccccc1)C(C)C. The van der Waals surface area contributed by atoms with E-state index in [2.05, 4.69) is 36.6 Å². The van der Waals surface area contributed by atoms with Crippen LogP contribution < -0.4 is 26.6 Å². The summed E-state index contributed by atoms with van der Waals surface area (Å²) in [5, 5.41) is 14.2. The first-order valence-electron chi connectivity index (χ1n) is 17.7. The standard InChI is InChI=1S/C36H52N8O6/c1-22(2)16-30(45)41-28(17-25-19-37-21-40-25)34(48)43-32(23(3)4)36(50)39-20-31(46)44-15-9-14-29(44)35(49)42-27-13-8-12-26(27)33(47)38-18-24-10-6-5-7-11-24/h5-7,10-11,19,21-23,26-29,32H,8-9,12-18,20H2,1-4H3,(H,37,40)(H,38,47)(H,39,50)(H,41,45)(H,42,49)(H,43,48)/t26?,27?,28-,29+,32-/m0/s1. The number of aromatic amines is 1. The van der Waals surface area contributed by atoms with Gasteiger partial charge in [-0.25, -0.2) is 4.98 Å². The number of nitrogens with zero attached hydrogens (tertiary/aromatic N) is 2. The minimum absolute atomic E-state index is 0.0927. The van der Waals surface area contributed by atoms with Gasteiger partial charge in [0.1, 0.15) is 18.1 Å². The summed E-state index contributed by atoms with van der Waals surface area (Å²) < 4.78 is 0. The van der Waals surface area contributed by atoms with Gasteiger partial charge in [0.2, 0.25) is 35.4 Å². The molecule has 6 amide bonds. The monoisotopic (exact) mass is 692 g/mol. The minimum atomic E-state index is -0.980. The highest BCUT2D eigenvalue weighted by atomic mass is 16.2. The van der Waals surface area contributed by atoms with Crippen molar-refractivity contribution < 1.29 is 28.8 Å². The number of hydrogen-bond donors (Lipinski definition) is 6. The summed E-state index contributed by atoms with van der Waals surface area (Å²) in [5.41, 5.74) is 1.64. The second-order valence-electron chi connectivity index (χ2n) is 14.0. The lowest BCUT2D eigenvalue weighted by Gasteiger charge is -2.28. The Balaban J connectivity index is 1.30. The highest BCUT2D eigenvalue weighted by Gasteiger charge is 2.39. The molecule has 4 rings (SSSR count). The molecule has 5 atom stereocenters. The first-order chi connectivity index (χ1) is 23.9. The number of H-pyrrole nitrogens is 1. The third-order valence-electron chi connectivity index (χ3n) is 9.25. The van der Waals surface area contributed by atoms with Crippen LogP contribution in [0.5, 0.6) is 0 Å². The normalized spacial score (nSPS) is 19.9. The molecule has 1 aromatic heterocycles. The number of aromatic nitrogens is 2. The smallest absolute Gasteiger partial charge is 0.243 e. The van der Waals surface area contributed by atoms with Gasteiger partial charge in [-0.3, -0.25) is 28.8 Å². The van der Waals surface area contributed by atoms with E-state index < -0.39 is 35.8 Å². The van der Waals surface area contributed by atoms with Crippen LogP contribution in [-0.2, 0) is 41.7 Å². The Labute approximate surface area is 293 Å². The molecule has 2 heterocycles. The van der Waals surface area contributed by atoms with Crippen LogP contribution in [0.25, 0.3) is 0 Å². The summed E-state index contributed by atoms with van der Waals surface area (Å²) in [4.78, 5) is 87.4. The third kappa shape index (κ3) is 10.9. The fourth-order valence-electron chi connectivity index (χ4n) is 6.59. The highest BCUT2D eigenvalue weighted by Crippen LogP contribution is 2.27. The maximum atomic E-state index is 13.4. The number of rotatable bonds is 16. The lowest BCUT2D eigenvalue weighted by molar-refractivity contribution is -0.139. The van der Waals surface area contributed by atoms with Crippen molar-refractivity contribution in [2.75, 3.05) is 13.1 Å². The molecule has 0 radical (unpaired) electrons. The van der Waals surface area contributed by atoms with E-state index in [0.29, 0.717) is 44.5 Å². The van der Waals surface area contributed by atoms with Gasteiger partial charge in [-0.15, -0.1) is 0 Å². The van der Waals surface area contributed by atoms with Crippen molar-refractivity contribution >= 4 is 35.4 Å². The molecule has 272 valence electrons. The lowest BCUT2D eigenvalue weighted by Crippen LogP contribution is -2.57. The molecule has 50 heavy (non-hydrogen) atoms. The molecule has 6 N–H and O–H groups in total. The summed E-state index contributed by atoms with van der Waals surface area (Å²) >= 11 is 0. The number of amides is 6. The number of carbonyl (C=O) groups is 6. The van der Waals surface area contributed by atoms with Gasteiger partial charge in [-0.1, -0.05) is 64.4 Å². The van der Waals surface area contributed by atoms with Crippen LogP contribution in [0.1, 0.15) is 77.5 Å². The topological polar surface area (TPSA) is 194 Å². The molecule has 2 unspecified atom stereocenters. The number of benzene rings is 1. The predicted molar refractivity (Wildman–Crippen MR) is 186 cm³/mol. The molecular weight excluding hydrogens is 640 g/mol. The van der Waals surface area contributed by atoms with Crippen LogP contribution in [0.3, 0.4) is 0 Å². The Morgan fingerprint density at radius 3 is 2.34 bits per heavy atom.